The second kappa shape index (κ2) is 9.23. The lowest BCUT2D eigenvalue weighted by Crippen LogP contribution is -2.51. The van der Waals surface area contributed by atoms with Crippen molar-refractivity contribution in [2.75, 3.05) is 13.1 Å². The fourth-order valence-electron chi connectivity index (χ4n) is 1.50. The summed E-state index contributed by atoms with van der Waals surface area (Å²) < 4.78 is 0. The first kappa shape index (κ1) is 16.2. The number of hydrogen-bond acceptors (Lipinski definition) is 4. The van der Waals surface area contributed by atoms with Gasteiger partial charge in [0.15, 0.2) is 5.96 Å². The van der Waals surface area contributed by atoms with Crippen LogP contribution in [0.25, 0.3) is 0 Å². The van der Waals surface area contributed by atoms with Gasteiger partial charge in [-0.15, -0.1) is 0 Å². The normalized spacial score (nSPS) is 11.9. The standard InChI is InChI=1S/C10H22N7O/c1-2-17(16-10(13)14)8(7-18)5-3-4-6-15-9(11)12/h8H,2-6H2,1H3,(H4,11,12,15)(H4,13,14,16)/t8-/m0/s1. The topological polar surface area (TPSA) is 144 Å². The van der Waals surface area contributed by atoms with Crippen LogP contribution in [-0.2, 0) is 4.79 Å². The molecule has 0 heterocycles. The van der Waals surface area contributed by atoms with Crippen LogP contribution in [0.3, 0.4) is 0 Å². The highest BCUT2D eigenvalue weighted by Crippen LogP contribution is 2.04. The van der Waals surface area contributed by atoms with Crippen LogP contribution in [0.5, 0.6) is 0 Å². The molecule has 0 fully saturated rings. The molecule has 0 amide bonds. The number of unbranched alkanes of at least 4 members (excludes halogenated alkanes) is 1. The van der Waals surface area contributed by atoms with E-state index in [1.54, 1.807) is 5.01 Å². The first-order valence-electron chi connectivity index (χ1n) is 5.84. The first-order chi connectivity index (χ1) is 8.51. The lowest BCUT2D eigenvalue weighted by atomic mass is 10.1. The average molecular weight is 256 g/mol. The quantitative estimate of drug-likeness (QED) is 0.133. The Balaban J connectivity index is 3.96. The molecule has 1 radical (unpaired) electrons. The Labute approximate surface area is 107 Å². The largest absolute Gasteiger partial charge is 0.370 e. The molecule has 103 valence electrons. The van der Waals surface area contributed by atoms with Crippen molar-refractivity contribution in [3.8, 4) is 0 Å². The third-order valence-corrected chi connectivity index (χ3v) is 2.34. The molecule has 0 spiro atoms. The van der Waals surface area contributed by atoms with Gasteiger partial charge in [0.2, 0.25) is 12.2 Å². The number of likely N-dealkylation sites (N-methyl/N-ethyl adjacent to an activating group) is 1. The van der Waals surface area contributed by atoms with Crippen molar-refractivity contribution in [2.24, 2.45) is 11.5 Å². The van der Waals surface area contributed by atoms with Crippen molar-refractivity contribution >= 4 is 18.2 Å². The number of guanidine groups is 2. The summed E-state index contributed by atoms with van der Waals surface area (Å²) >= 11 is 0. The minimum absolute atomic E-state index is 0.0538. The maximum Gasteiger partial charge on any atom is 0.219 e. The molecular weight excluding hydrogens is 234 g/mol. The van der Waals surface area contributed by atoms with Gasteiger partial charge < -0.3 is 16.8 Å². The maximum absolute atomic E-state index is 10.9. The summed E-state index contributed by atoms with van der Waals surface area (Å²) in [6, 6.07) is -0.434. The third-order valence-electron chi connectivity index (χ3n) is 2.34. The molecule has 8 N–H and O–H groups in total. The second-order valence-electron chi connectivity index (χ2n) is 3.78. The van der Waals surface area contributed by atoms with Crippen molar-refractivity contribution in [2.45, 2.75) is 32.2 Å². The molecule has 0 aromatic rings. The van der Waals surface area contributed by atoms with E-state index in [2.05, 4.69) is 10.7 Å². The molecule has 0 saturated heterocycles. The van der Waals surface area contributed by atoms with Crippen molar-refractivity contribution in [1.82, 2.24) is 15.8 Å². The Morgan fingerprint density at radius 1 is 1.33 bits per heavy atom. The summed E-state index contributed by atoms with van der Waals surface area (Å²) in [4.78, 5) is 10.9. The Kier molecular flexibility index (Phi) is 8.29. The summed E-state index contributed by atoms with van der Waals surface area (Å²) in [5.41, 5.74) is 13.0. The van der Waals surface area contributed by atoms with E-state index in [4.69, 9.17) is 22.3 Å². The van der Waals surface area contributed by atoms with E-state index in [0.717, 1.165) is 12.8 Å². The van der Waals surface area contributed by atoms with Crippen molar-refractivity contribution in [3.05, 3.63) is 0 Å². The minimum Gasteiger partial charge on any atom is -0.370 e. The van der Waals surface area contributed by atoms with Gasteiger partial charge in [0.25, 0.3) is 0 Å². The molecule has 1 atom stereocenters. The summed E-state index contributed by atoms with van der Waals surface area (Å²) in [5, 5.41) is 18.4. The van der Waals surface area contributed by atoms with Gasteiger partial charge in [-0.05, 0) is 19.3 Å². The smallest absolute Gasteiger partial charge is 0.219 e. The first-order valence-corrected chi connectivity index (χ1v) is 5.84. The second-order valence-corrected chi connectivity index (χ2v) is 3.78. The SMILES string of the molecule is CCN(NC(=N)N)[C@H]([C]=O)CCCCNC(=N)N. The van der Waals surface area contributed by atoms with Crippen molar-refractivity contribution in [1.29, 1.82) is 10.8 Å². The summed E-state index contributed by atoms with van der Waals surface area (Å²) in [6.45, 7) is 3.01. The summed E-state index contributed by atoms with van der Waals surface area (Å²) in [5.74, 6) is -0.253. The van der Waals surface area contributed by atoms with E-state index in [0.29, 0.717) is 19.5 Å². The van der Waals surface area contributed by atoms with E-state index in [-0.39, 0.29) is 11.9 Å². The Hall–Kier alpha value is -1.83. The molecule has 0 aliphatic heterocycles. The lowest BCUT2D eigenvalue weighted by molar-refractivity contribution is 0.199. The molecule has 0 aromatic carbocycles. The van der Waals surface area contributed by atoms with Crippen LogP contribution < -0.4 is 22.2 Å². The monoisotopic (exact) mass is 256 g/mol. The molecule has 0 unspecified atom stereocenters. The number of carbonyl (C=O) groups excluding carboxylic acids is 1. The minimum atomic E-state index is -0.434. The fourth-order valence-corrected chi connectivity index (χ4v) is 1.50. The van der Waals surface area contributed by atoms with E-state index >= 15 is 0 Å². The number of hydrogen-bond donors (Lipinski definition) is 6. The molecule has 0 rings (SSSR count). The summed E-state index contributed by atoms with van der Waals surface area (Å²) in [7, 11) is 0. The van der Waals surface area contributed by atoms with E-state index in [1.807, 2.05) is 13.2 Å². The van der Waals surface area contributed by atoms with Gasteiger partial charge in [-0.25, -0.2) is 5.01 Å². The van der Waals surface area contributed by atoms with Crippen LogP contribution in [0.4, 0.5) is 0 Å². The molecule has 18 heavy (non-hydrogen) atoms. The number of hydrazine groups is 1. The van der Waals surface area contributed by atoms with E-state index in [1.165, 1.54) is 0 Å². The van der Waals surface area contributed by atoms with Gasteiger partial charge in [-0.2, -0.15) is 0 Å². The van der Waals surface area contributed by atoms with Crippen LogP contribution in [0.15, 0.2) is 0 Å². The lowest BCUT2D eigenvalue weighted by Gasteiger charge is -2.26. The highest BCUT2D eigenvalue weighted by Gasteiger charge is 2.17. The zero-order valence-corrected chi connectivity index (χ0v) is 10.6. The molecule has 0 aromatic heterocycles. The number of nitrogens with two attached hydrogens (primary N) is 2. The average Bonchev–Trinajstić information content (AvgIpc) is 2.30. The van der Waals surface area contributed by atoms with Gasteiger partial charge >= 0.3 is 0 Å². The highest BCUT2D eigenvalue weighted by molar-refractivity contribution is 5.74. The number of nitrogens with one attached hydrogen (secondary N) is 4. The van der Waals surface area contributed by atoms with Gasteiger partial charge in [-0.3, -0.25) is 21.0 Å². The van der Waals surface area contributed by atoms with Crippen LogP contribution in [-0.4, -0.2) is 42.3 Å². The summed E-state index contributed by atoms with van der Waals surface area (Å²) in [6.07, 6.45) is 4.13. The molecule has 8 nitrogen and oxygen atoms in total. The van der Waals surface area contributed by atoms with Gasteiger partial charge in [0.05, 0.1) is 6.04 Å². The molecule has 0 aliphatic carbocycles. The van der Waals surface area contributed by atoms with Crippen LogP contribution in [0.1, 0.15) is 26.2 Å². The molecule has 8 heteroatoms. The third kappa shape index (κ3) is 7.44. The number of nitrogens with zero attached hydrogens (tertiary/aromatic N) is 1. The molecule has 0 saturated carbocycles. The van der Waals surface area contributed by atoms with Crippen molar-refractivity contribution in [3.63, 3.8) is 0 Å². The highest BCUT2D eigenvalue weighted by atomic mass is 16.1. The van der Waals surface area contributed by atoms with Crippen LogP contribution in [0, 0.1) is 10.8 Å². The van der Waals surface area contributed by atoms with Gasteiger partial charge in [-0.1, -0.05) is 6.92 Å². The van der Waals surface area contributed by atoms with E-state index in [9.17, 15) is 4.79 Å². The fraction of sp³-hybridized carbons (Fsp3) is 0.700. The molecule has 0 aliphatic rings. The zero-order valence-electron chi connectivity index (χ0n) is 10.6. The predicted octanol–water partition coefficient (Wildman–Crippen LogP) is -1.16. The van der Waals surface area contributed by atoms with Crippen molar-refractivity contribution < 1.29 is 4.79 Å². The predicted molar refractivity (Wildman–Crippen MR) is 70.7 cm³/mol. The van der Waals surface area contributed by atoms with Gasteiger partial charge in [0, 0.05) is 13.1 Å². The molecular formula is C10H22N7O. The Morgan fingerprint density at radius 2 is 2.00 bits per heavy atom. The molecule has 0 bridgehead atoms. The zero-order chi connectivity index (χ0) is 14.0. The Bertz CT molecular complexity index is 281. The maximum atomic E-state index is 10.9. The van der Waals surface area contributed by atoms with Gasteiger partial charge in [0.1, 0.15) is 0 Å². The number of rotatable bonds is 9. The Morgan fingerprint density at radius 3 is 2.44 bits per heavy atom. The van der Waals surface area contributed by atoms with Crippen LogP contribution >= 0.6 is 0 Å². The van der Waals surface area contributed by atoms with Crippen LogP contribution in [0.2, 0.25) is 0 Å². The van der Waals surface area contributed by atoms with E-state index < -0.39 is 6.04 Å².